The Hall–Kier alpha value is -3.29. The lowest BCUT2D eigenvalue weighted by Gasteiger charge is -2.35. The van der Waals surface area contributed by atoms with Gasteiger partial charge in [0, 0.05) is 37.6 Å². The van der Waals surface area contributed by atoms with Crippen LogP contribution >= 0.6 is 12.2 Å². The van der Waals surface area contributed by atoms with E-state index in [2.05, 4.69) is 34.1 Å². The van der Waals surface area contributed by atoms with Crippen LogP contribution in [-0.4, -0.2) is 45.4 Å². The number of piperazine rings is 1. The summed E-state index contributed by atoms with van der Waals surface area (Å²) in [6.45, 7) is 6.31. The van der Waals surface area contributed by atoms with E-state index in [4.69, 9.17) is 17.3 Å². The fourth-order valence-corrected chi connectivity index (χ4v) is 4.51. The van der Waals surface area contributed by atoms with Crippen LogP contribution in [0.25, 0.3) is 17.1 Å². The molecule has 168 valence electrons. The Morgan fingerprint density at radius 1 is 0.818 bits per heavy atom. The summed E-state index contributed by atoms with van der Waals surface area (Å²) in [6, 6.07) is 25.3. The molecule has 0 aliphatic carbocycles. The number of para-hydroxylation sites is 1. The van der Waals surface area contributed by atoms with Gasteiger partial charge >= 0.3 is 0 Å². The average Bonchev–Trinajstić information content (AvgIpc) is 3.16. The van der Waals surface area contributed by atoms with Crippen molar-refractivity contribution in [3.8, 4) is 17.1 Å². The van der Waals surface area contributed by atoms with Gasteiger partial charge in [-0.15, -0.1) is 5.10 Å². The Bertz CT molecular complexity index is 1290. The molecule has 3 aromatic carbocycles. The van der Waals surface area contributed by atoms with Crippen LogP contribution in [0.5, 0.6) is 0 Å². The molecule has 0 amide bonds. The maximum atomic E-state index is 14.7. The van der Waals surface area contributed by atoms with Gasteiger partial charge in [-0.2, -0.15) is 0 Å². The zero-order chi connectivity index (χ0) is 22.8. The number of aryl methyl sites for hydroxylation is 1. The standard InChI is InChI=1S/C26H26FN5S/c1-20-11-13-22(14-12-20)32-25(23-9-5-6-10-24(23)27)28-31(26(32)33)19-29-15-17-30(18-16-29)21-7-3-2-4-8-21/h2-14H,15-19H2,1H3. The quantitative estimate of drug-likeness (QED) is 0.379. The van der Waals surface area contributed by atoms with E-state index in [1.54, 1.807) is 12.1 Å². The monoisotopic (exact) mass is 459 g/mol. The number of halogens is 1. The van der Waals surface area contributed by atoms with Crippen molar-refractivity contribution in [1.29, 1.82) is 0 Å². The van der Waals surface area contributed by atoms with Crippen LogP contribution in [0.4, 0.5) is 10.1 Å². The van der Waals surface area contributed by atoms with Crippen molar-refractivity contribution < 1.29 is 4.39 Å². The maximum Gasteiger partial charge on any atom is 0.204 e. The predicted molar refractivity (Wildman–Crippen MR) is 133 cm³/mol. The molecule has 0 spiro atoms. The molecule has 0 atom stereocenters. The molecule has 2 heterocycles. The molecule has 0 N–H and O–H groups in total. The Morgan fingerprint density at radius 2 is 1.48 bits per heavy atom. The lowest BCUT2D eigenvalue weighted by Crippen LogP contribution is -2.47. The second-order valence-electron chi connectivity index (χ2n) is 8.34. The lowest BCUT2D eigenvalue weighted by molar-refractivity contribution is 0.194. The molecule has 1 aliphatic rings. The molecule has 1 fully saturated rings. The highest BCUT2D eigenvalue weighted by Gasteiger charge is 2.21. The summed E-state index contributed by atoms with van der Waals surface area (Å²) in [4.78, 5) is 4.73. The summed E-state index contributed by atoms with van der Waals surface area (Å²) in [7, 11) is 0. The SMILES string of the molecule is Cc1ccc(-n2c(-c3ccccc3F)nn(CN3CCN(c4ccccc4)CC3)c2=S)cc1. The minimum absolute atomic E-state index is 0.311. The Labute approximate surface area is 198 Å². The number of anilines is 1. The largest absolute Gasteiger partial charge is 0.369 e. The molecule has 4 aromatic rings. The maximum absolute atomic E-state index is 14.7. The number of nitrogens with zero attached hydrogens (tertiary/aromatic N) is 5. The minimum atomic E-state index is -0.311. The van der Waals surface area contributed by atoms with Crippen LogP contribution in [0, 0.1) is 17.5 Å². The average molecular weight is 460 g/mol. The van der Waals surface area contributed by atoms with E-state index in [1.165, 1.54) is 11.8 Å². The van der Waals surface area contributed by atoms with Gasteiger partial charge in [0.05, 0.1) is 12.2 Å². The summed E-state index contributed by atoms with van der Waals surface area (Å²) in [5.74, 6) is 0.208. The van der Waals surface area contributed by atoms with Gasteiger partial charge in [0.1, 0.15) is 5.82 Å². The summed E-state index contributed by atoms with van der Waals surface area (Å²) in [5, 5.41) is 4.79. The van der Waals surface area contributed by atoms with E-state index in [9.17, 15) is 4.39 Å². The third-order valence-corrected chi connectivity index (χ3v) is 6.47. The highest BCUT2D eigenvalue weighted by atomic mass is 32.1. The minimum Gasteiger partial charge on any atom is -0.369 e. The van der Waals surface area contributed by atoms with Crippen molar-refractivity contribution in [3.63, 3.8) is 0 Å². The highest BCUT2D eigenvalue weighted by Crippen LogP contribution is 2.26. The van der Waals surface area contributed by atoms with Crippen molar-refractivity contribution in [2.75, 3.05) is 31.1 Å². The summed E-state index contributed by atoms with van der Waals surface area (Å²) in [5.41, 5.74) is 3.72. The Kier molecular flexibility index (Phi) is 6.07. The van der Waals surface area contributed by atoms with Crippen LogP contribution < -0.4 is 4.90 Å². The molecule has 0 bridgehead atoms. The van der Waals surface area contributed by atoms with E-state index < -0.39 is 0 Å². The first-order chi connectivity index (χ1) is 16.1. The third kappa shape index (κ3) is 4.47. The van der Waals surface area contributed by atoms with E-state index in [1.807, 2.05) is 52.6 Å². The number of aromatic nitrogens is 3. The fraction of sp³-hybridized carbons (Fsp3) is 0.231. The van der Waals surface area contributed by atoms with E-state index in [-0.39, 0.29) is 5.82 Å². The van der Waals surface area contributed by atoms with Crippen molar-refractivity contribution in [1.82, 2.24) is 19.2 Å². The van der Waals surface area contributed by atoms with Gasteiger partial charge < -0.3 is 4.90 Å². The molecule has 5 rings (SSSR count). The van der Waals surface area contributed by atoms with Gasteiger partial charge in [-0.05, 0) is 55.5 Å². The molecule has 0 unspecified atom stereocenters. The van der Waals surface area contributed by atoms with Gasteiger partial charge in [0.2, 0.25) is 4.77 Å². The Morgan fingerprint density at radius 3 is 2.18 bits per heavy atom. The second kappa shape index (κ2) is 9.29. The molecule has 1 saturated heterocycles. The van der Waals surface area contributed by atoms with Crippen LogP contribution in [0.1, 0.15) is 5.56 Å². The highest BCUT2D eigenvalue weighted by molar-refractivity contribution is 7.71. The van der Waals surface area contributed by atoms with E-state index in [0.29, 0.717) is 22.8 Å². The van der Waals surface area contributed by atoms with Crippen LogP contribution in [-0.2, 0) is 6.67 Å². The van der Waals surface area contributed by atoms with Gasteiger partial charge in [-0.1, -0.05) is 48.0 Å². The first-order valence-electron chi connectivity index (χ1n) is 11.1. The van der Waals surface area contributed by atoms with E-state index in [0.717, 1.165) is 37.4 Å². The number of benzene rings is 3. The molecule has 5 nitrogen and oxygen atoms in total. The molecular formula is C26H26FN5S. The van der Waals surface area contributed by atoms with Crippen molar-refractivity contribution in [3.05, 3.63) is 95.0 Å². The first-order valence-corrected chi connectivity index (χ1v) is 11.5. The normalized spacial score (nSPS) is 14.5. The molecule has 0 saturated carbocycles. The summed E-state index contributed by atoms with van der Waals surface area (Å²) < 4.78 is 19.0. The van der Waals surface area contributed by atoms with Gasteiger partial charge in [0.15, 0.2) is 5.82 Å². The van der Waals surface area contributed by atoms with Gasteiger partial charge in [0.25, 0.3) is 0 Å². The smallest absolute Gasteiger partial charge is 0.204 e. The molecular weight excluding hydrogens is 433 g/mol. The van der Waals surface area contributed by atoms with Gasteiger partial charge in [-0.25, -0.2) is 9.07 Å². The molecule has 7 heteroatoms. The van der Waals surface area contributed by atoms with Gasteiger partial charge in [-0.3, -0.25) is 9.47 Å². The number of hydrogen-bond donors (Lipinski definition) is 0. The van der Waals surface area contributed by atoms with Crippen molar-refractivity contribution in [2.45, 2.75) is 13.6 Å². The molecule has 1 aliphatic heterocycles. The first kappa shape index (κ1) is 21.6. The zero-order valence-corrected chi connectivity index (χ0v) is 19.4. The summed E-state index contributed by atoms with van der Waals surface area (Å²) in [6.07, 6.45) is 0. The molecule has 0 radical (unpaired) electrons. The third-order valence-electron chi connectivity index (χ3n) is 6.07. The van der Waals surface area contributed by atoms with E-state index >= 15 is 0 Å². The molecule has 33 heavy (non-hydrogen) atoms. The topological polar surface area (TPSA) is 29.2 Å². The second-order valence-corrected chi connectivity index (χ2v) is 8.70. The van der Waals surface area contributed by atoms with Crippen molar-refractivity contribution >= 4 is 17.9 Å². The lowest BCUT2D eigenvalue weighted by atomic mass is 10.2. The zero-order valence-electron chi connectivity index (χ0n) is 18.6. The van der Waals surface area contributed by atoms with Crippen LogP contribution in [0.2, 0.25) is 0 Å². The van der Waals surface area contributed by atoms with Crippen molar-refractivity contribution in [2.24, 2.45) is 0 Å². The number of hydrogen-bond acceptors (Lipinski definition) is 4. The number of rotatable bonds is 5. The predicted octanol–water partition coefficient (Wildman–Crippen LogP) is 5.30. The fourth-order valence-electron chi connectivity index (χ4n) is 4.22. The Balaban J connectivity index is 1.44. The van der Waals surface area contributed by atoms with Crippen LogP contribution in [0.3, 0.4) is 0 Å². The molecule has 1 aromatic heterocycles. The van der Waals surface area contributed by atoms with Crippen LogP contribution in [0.15, 0.2) is 78.9 Å². The summed E-state index contributed by atoms with van der Waals surface area (Å²) >= 11 is 5.84.